The smallest absolute Gasteiger partial charge is 0.103 e. The minimum Gasteiger partial charge on any atom is -0.383 e. The van der Waals surface area contributed by atoms with Gasteiger partial charge in [-0.25, -0.2) is 0 Å². The van der Waals surface area contributed by atoms with E-state index in [0.29, 0.717) is 0 Å². The molecule has 0 amide bonds. The summed E-state index contributed by atoms with van der Waals surface area (Å²) in [7, 11) is 3.62. The molecule has 1 unspecified atom stereocenters. The lowest BCUT2D eigenvalue weighted by Gasteiger charge is -2.23. The Morgan fingerprint density at radius 2 is 2.11 bits per heavy atom. The quantitative estimate of drug-likeness (QED) is 0.603. The molecule has 0 aromatic heterocycles. The zero-order chi connectivity index (χ0) is 13.4. The normalized spacial score (nSPS) is 18.6. The summed E-state index contributed by atoms with van der Waals surface area (Å²) in [5.41, 5.74) is -0.364. The average molecular weight is 253 g/mol. The van der Waals surface area contributed by atoms with E-state index in [1.165, 1.54) is 19.3 Å². The van der Waals surface area contributed by atoms with E-state index in [2.05, 4.69) is 16.3 Å². The van der Waals surface area contributed by atoms with Crippen molar-refractivity contribution in [2.24, 2.45) is 0 Å². The molecule has 18 heavy (non-hydrogen) atoms. The predicted molar refractivity (Wildman–Crippen MR) is 73.4 cm³/mol. The Kier molecular flexibility index (Phi) is 6.62. The van der Waals surface area contributed by atoms with Crippen molar-refractivity contribution in [3.8, 4) is 6.07 Å². The van der Waals surface area contributed by atoms with Gasteiger partial charge in [0.25, 0.3) is 0 Å². The molecule has 104 valence electrons. The molecule has 0 spiro atoms. The van der Waals surface area contributed by atoms with Gasteiger partial charge in [-0.1, -0.05) is 0 Å². The first-order valence-electron chi connectivity index (χ1n) is 6.98. The zero-order valence-corrected chi connectivity index (χ0v) is 12.0. The fourth-order valence-electron chi connectivity index (χ4n) is 2.16. The molecule has 1 saturated carbocycles. The van der Waals surface area contributed by atoms with Gasteiger partial charge in [0.05, 0.1) is 12.7 Å². The molecular formula is C14H27N3O. The van der Waals surface area contributed by atoms with Crippen LogP contribution in [0.25, 0.3) is 0 Å². The van der Waals surface area contributed by atoms with Crippen molar-refractivity contribution in [1.29, 1.82) is 5.26 Å². The van der Waals surface area contributed by atoms with E-state index >= 15 is 0 Å². The lowest BCUT2D eigenvalue weighted by atomic mass is 9.97. The molecule has 0 bridgehead atoms. The third-order valence-corrected chi connectivity index (χ3v) is 3.82. The van der Waals surface area contributed by atoms with Crippen molar-refractivity contribution in [3.63, 3.8) is 0 Å². The maximum atomic E-state index is 9.07. The van der Waals surface area contributed by atoms with Crippen LogP contribution in [-0.4, -0.2) is 50.3 Å². The molecule has 4 heteroatoms. The van der Waals surface area contributed by atoms with Crippen LogP contribution in [0.3, 0.4) is 0 Å². The fourth-order valence-corrected chi connectivity index (χ4v) is 2.16. The van der Waals surface area contributed by atoms with Gasteiger partial charge in [0, 0.05) is 19.7 Å². The van der Waals surface area contributed by atoms with E-state index in [9.17, 15) is 0 Å². The first-order chi connectivity index (χ1) is 8.65. The second-order valence-electron chi connectivity index (χ2n) is 5.41. The summed E-state index contributed by atoms with van der Waals surface area (Å²) in [6, 6.07) is 3.14. The average Bonchev–Trinajstić information content (AvgIpc) is 3.22. The largest absolute Gasteiger partial charge is 0.383 e. The third kappa shape index (κ3) is 5.34. The molecule has 1 aliphatic carbocycles. The lowest BCUT2D eigenvalue weighted by Crippen LogP contribution is -2.38. The van der Waals surface area contributed by atoms with Crippen LogP contribution in [0, 0.1) is 11.3 Å². The molecule has 0 aliphatic heterocycles. The molecule has 0 saturated heterocycles. The van der Waals surface area contributed by atoms with Crippen LogP contribution in [0.2, 0.25) is 0 Å². The Morgan fingerprint density at radius 1 is 1.39 bits per heavy atom. The molecule has 4 nitrogen and oxygen atoms in total. The third-order valence-electron chi connectivity index (χ3n) is 3.82. The highest BCUT2D eigenvalue weighted by Crippen LogP contribution is 2.27. The van der Waals surface area contributed by atoms with E-state index in [-0.39, 0.29) is 5.54 Å². The summed E-state index contributed by atoms with van der Waals surface area (Å²) < 4.78 is 5.15. The number of unbranched alkanes of at least 4 members (excludes halogenated alkanes) is 1. The van der Waals surface area contributed by atoms with E-state index in [0.717, 1.165) is 38.6 Å². The van der Waals surface area contributed by atoms with Gasteiger partial charge in [-0.2, -0.15) is 5.26 Å². The maximum absolute atomic E-state index is 9.07. The Hall–Kier alpha value is -0.630. The van der Waals surface area contributed by atoms with Gasteiger partial charge in [-0.3, -0.25) is 4.90 Å². The number of methoxy groups -OCH3 is 1. The molecule has 0 radical (unpaired) electrons. The number of hydrogen-bond acceptors (Lipinski definition) is 4. The van der Waals surface area contributed by atoms with Gasteiger partial charge >= 0.3 is 0 Å². The van der Waals surface area contributed by atoms with Gasteiger partial charge in [0.2, 0.25) is 0 Å². The summed E-state index contributed by atoms with van der Waals surface area (Å²) >= 11 is 0. The van der Waals surface area contributed by atoms with Crippen LogP contribution in [0.4, 0.5) is 0 Å². The first-order valence-corrected chi connectivity index (χ1v) is 6.98. The van der Waals surface area contributed by atoms with Crippen molar-refractivity contribution >= 4 is 0 Å². The molecule has 0 aromatic carbocycles. The number of ether oxygens (including phenoxy) is 1. The standard InChI is InChI=1S/C14H27N3O/c1-14(12-15,16-2)8-4-5-9-17(10-11-18-3)13-6-7-13/h13,16H,4-11H2,1-3H3. The molecule has 1 N–H and O–H groups in total. The molecular weight excluding hydrogens is 226 g/mol. The lowest BCUT2D eigenvalue weighted by molar-refractivity contribution is 0.142. The van der Waals surface area contributed by atoms with Crippen molar-refractivity contribution in [2.75, 3.05) is 33.9 Å². The number of rotatable bonds is 10. The summed E-state index contributed by atoms with van der Waals surface area (Å²) in [4.78, 5) is 2.53. The molecule has 1 atom stereocenters. The van der Waals surface area contributed by atoms with Crippen molar-refractivity contribution in [1.82, 2.24) is 10.2 Å². The number of nitriles is 1. The van der Waals surface area contributed by atoms with Gasteiger partial charge in [0.15, 0.2) is 0 Å². The first kappa shape index (κ1) is 15.4. The van der Waals surface area contributed by atoms with Crippen molar-refractivity contribution in [3.05, 3.63) is 0 Å². The molecule has 1 fully saturated rings. The summed E-state index contributed by atoms with van der Waals surface area (Å²) in [5.74, 6) is 0. The fraction of sp³-hybridized carbons (Fsp3) is 0.929. The van der Waals surface area contributed by atoms with Crippen LogP contribution in [0.1, 0.15) is 39.0 Å². The molecule has 0 aromatic rings. The van der Waals surface area contributed by atoms with Crippen LogP contribution in [0.15, 0.2) is 0 Å². The Labute approximate surface area is 111 Å². The highest BCUT2D eigenvalue weighted by atomic mass is 16.5. The Balaban J connectivity index is 2.17. The summed E-state index contributed by atoms with van der Waals surface area (Å²) in [6.07, 6.45) is 5.87. The molecule has 0 heterocycles. The van der Waals surface area contributed by atoms with Gasteiger partial charge in [-0.05, 0) is 52.6 Å². The van der Waals surface area contributed by atoms with Gasteiger partial charge in [-0.15, -0.1) is 0 Å². The van der Waals surface area contributed by atoms with Crippen LogP contribution >= 0.6 is 0 Å². The highest BCUT2D eigenvalue weighted by molar-refractivity contribution is 5.02. The minimum absolute atomic E-state index is 0.364. The maximum Gasteiger partial charge on any atom is 0.103 e. The Bertz CT molecular complexity index is 273. The molecule has 1 rings (SSSR count). The van der Waals surface area contributed by atoms with E-state index in [1.54, 1.807) is 7.11 Å². The summed E-state index contributed by atoms with van der Waals surface area (Å²) in [6.45, 7) is 4.97. The van der Waals surface area contributed by atoms with Crippen LogP contribution < -0.4 is 5.32 Å². The minimum atomic E-state index is -0.364. The second-order valence-corrected chi connectivity index (χ2v) is 5.41. The van der Waals surface area contributed by atoms with Gasteiger partial charge < -0.3 is 10.1 Å². The number of hydrogen-bond donors (Lipinski definition) is 1. The van der Waals surface area contributed by atoms with Crippen molar-refractivity contribution < 1.29 is 4.74 Å². The monoisotopic (exact) mass is 253 g/mol. The van der Waals surface area contributed by atoms with Crippen LogP contribution in [-0.2, 0) is 4.74 Å². The van der Waals surface area contributed by atoms with Crippen LogP contribution in [0.5, 0.6) is 0 Å². The SMILES string of the molecule is CNC(C)(C#N)CCCCN(CCOC)C1CC1. The van der Waals surface area contributed by atoms with E-state index in [1.807, 2.05) is 14.0 Å². The second kappa shape index (κ2) is 7.73. The zero-order valence-electron chi connectivity index (χ0n) is 12.0. The van der Waals surface area contributed by atoms with E-state index in [4.69, 9.17) is 10.00 Å². The Morgan fingerprint density at radius 3 is 2.61 bits per heavy atom. The molecule has 1 aliphatic rings. The van der Waals surface area contributed by atoms with Gasteiger partial charge in [0.1, 0.15) is 5.54 Å². The summed E-state index contributed by atoms with van der Waals surface area (Å²) in [5, 5.41) is 12.2. The topological polar surface area (TPSA) is 48.3 Å². The highest BCUT2D eigenvalue weighted by Gasteiger charge is 2.28. The van der Waals surface area contributed by atoms with Crippen molar-refractivity contribution in [2.45, 2.75) is 50.6 Å². The predicted octanol–water partition coefficient (Wildman–Crippen LogP) is 1.77. The number of nitrogens with zero attached hydrogens (tertiary/aromatic N) is 2. The van der Waals surface area contributed by atoms with E-state index < -0.39 is 0 Å². The number of nitrogens with one attached hydrogen (secondary N) is 1.